The highest BCUT2D eigenvalue weighted by atomic mass is 19.4. The van der Waals surface area contributed by atoms with Crippen molar-refractivity contribution in [1.82, 2.24) is 39.3 Å². The summed E-state index contributed by atoms with van der Waals surface area (Å²) in [5, 5.41) is 5.30. The third-order valence-corrected chi connectivity index (χ3v) is 6.76. The molecule has 0 amide bonds. The Morgan fingerprint density at radius 3 is 2.39 bits per heavy atom. The molecule has 9 nitrogen and oxygen atoms in total. The van der Waals surface area contributed by atoms with Gasteiger partial charge in [0.05, 0.1) is 23.8 Å². The van der Waals surface area contributed by atoms with Crippen molar-refractivity contribution in [2.24, 2.45) is 0 Å². The molecule has 0 radical (unpaired) electrons. The first-order valence-electron chi connectivity index (χ1n) is 13.5. The van der Waals surface area contributed by atoms with Crippen LogP contribution < -0.4 is 4.74 Å². The molecule has 1 aliphatic carbocycles. The van der Waals surface area contributed by atoms with Crippen molar-refractivity contribution in [1.29, 1.82) is 0 Å². The van der Waals surface area contributed by atoms with Gasteiger partial charge in [0.2, 0.25) is 5.88 Å². The zero-order valence-corrected chi connectivity index (χ0v) is 23.1. The maximum Gasteiger partial charge on any atom is 0.434 e. The summed E-state index contributed by atoms with van der Waals surface area (Å²) in [5.41, 5.74) is 2.37. The van der Waals surface area contributed by atoms with E-state index < -0.39 is 17.5 Å². The number of aryl methyl sites for hydroxylation is 1. The average molecular weight is 563 g/mol. The van der Waals surface area contributed by atoms with Gasteiger partial charge in [-0.25, -0.2) is 29.6 Å². The molecule has 0 unspecified atom stereocenters. The molecule has 6 rings (SSSR count). The molecule has 0 aliphatic heterocycles. The van der Waals surface area contributed by atoms with Gasteiger partial charge in [-0.1, -0.05) is 24.3 Å². The predicted octanol–water partition coefficient (Wildman–Crippen LogP) is 6.29. The standard InChI is InChI=1S/C29H29F3N8O/c1-5-39-15-21(29(30,31)32)37-25(39)19-8-6-17(7-9-19)14-40-26-20(13-36-40)12-33-24(38-26)22-23(18-10-11-18)34-16-35-27(22)41-28(2,3)4/h6-9,12-13,15-16,18H,5,10-11,14H2,1-4H3. The number of hydrogen-bond acceptors (Lipinski definition) is 7. The molecular weight excluding hydrogens is 533 g/mol. The van der Waals surface area contributed by atoms with E-state index in [2.05, 4.69) is 25.0 Å². The van der Waals surface area contributed by atoms with Gasteiger partial charge in [0, 0.05) is 30.4 Å². The normalized spacial score (nSPS) is 14.1. The van der Waals surface area contributed by atoms with Crippen molar-refractivity contribution in [3.63, 3.8) is 0 Å². The number of hydrogen-bond donors (Lipinski definition) is 0. The molecule has 1 aromatic carbocycles. The van der Waals surface area contributed by atoms with E-state index >= 15 is 0 Å². The summed E-state index contributed by atoms with van der Waals surface area (Å²) < 4.78 is 49.1. The van der Waals surface area contributed by atoms with Gasteiger partial charge in [-0.3, -0.25) is 0 Å². The molecule has 0 saturated heterocycles. The van der Waals surface area contributed by atoms with Crippen molar-refractivity contribution in [2.45, 2.75) is 71.3 Å². The Morgan fingerprint density at radius 2 is 1.73 bits per heavy atom. The summed E-state index contributed by atoms with van der Waals surface area (Å²) in [7, 11) is 0. The molecule has 1 aliphatic rings. The summed E-state index contributed by atoms with van der Waals surface area (Å²) in [6.45, 7) is 8.45. The van der Waals surface area contributed by atoms with Crippen LogP contribution in [0.15, 0.2) is 49.2 Å². The van der Waals surface area contributed by atoms with Gasteiger partial charge in [-0.05, 0) is 46.1 Å². The summed E-state index contributed by atoms with van der Waals surface area (Å²) in [5.74, 6) is 1.53. The lowest BCUT2D eigenvalue weighted by Gasteiger charge is -2.22. The summed E-state index contributed by atoms with van der Waals surface area (Å²) >= 11 is 0. The van der Waals surface area contributed by atoms with Crippen molar-refractivity contribution in [3.05, 3.63) is 66.1 Å². The first-order chi connectivity index (χ1) is 19.5. The molecule has 4 aromatic heterocycles. The van der Waals surface area contributed by atoms with Crippen LogP contribution in [0.5, 0.6) is 5.88 Å². The molecule has 1 saturated carbocycles. The van der Waals surface area contributed by atoms with Crippen LogP contribution in [0.25, 0.3) is 33.8 Å². The summed E-state index contributed by atoms with van der Waals surface area (Å²) in [4.78, 5) is 22.3. The van der Waals surface area contributed by atoms with Gasteiger partial charge in [0.25, 0.3) is 0 Å². The molecule has 4 heterocycles. The third-order valence-electron chi connectivity index (χ3n) is 6.76. The van der Waals surface area contributed by atoms with Crippen LogP contribution in [0.1, 0.15) is 63.4 Å². The highest BCUT2D eigenvalue weighted by Gasteiger charge is 2.35. The van der Waals surface area contributed by atoms with Crippen molar-refractivity contribution in [2.75, 3.05) is 0 Å². The lowest BCUT2D eigenvalue weighted by molar-refractivity contribution is -0.140. The first-order valence-corrected chi connectivity index (χ1v) is 13.5. The molecule has 0 bridgehead atoms. The molecule has 0 atom stereocenters. The Balaban J connectivity index is 1.32. The van der Waals surface area contributed by atoms with Crippen LogP contribution in [0.4, 0.5) is 13.2 Å². The fourth-order valence-electron chi connectivity index (χ4n) is 4.68. The molecule has 5 aromatic rings. The molecule has 212 valence electrons. The van der Waals surface area contributed by atoms with Crippen LogP contribution in [0.2, 0.25) is 0 Å². The van der Waals surface area contributed by atoms with Crippen molar-refractivity contribution in [3.8, 4) is 28.7 Å². The van der Waals surface area contributed by atoms with Gasteiger partial charge >= 0.3 is 6.18 Å². The second-order valence-corrected chi connectivity index (χ2v) is 11.1. The number of ether oxygens (including phenoxy) is 1. The maximum absolute atomic E-state index is 13.2. The molecular formula is C29H29F3N8O. The van der Waals surface area contributed by atoms with Gasteiger partial charge in [-0.15, -0.1) is 0 Å². The van der Waals surface area contributed by atoms with Crippen LogP contribution in [0, 0.1) is 0 Å². The highest BCUT2D eigenvalue weighted by Crippen LogP contribution is 2.45. The van der Waals surface area contributed by atoms with Crippen molar-refractivity contribution < 1.29 is 17.9 Å². The topological polar surface area (TPSA) is 96.4 Å². The Morgan fingerprint density at radius 1 is 0.976 bits per heavy atom. The first kappa shape index (κ1) is 26.9. The van der Waals surface area contributed by atoms with Crippen LogP contribution >= 0.6 is 0 Å². The number of alkyl halides is 3. The lowest BCUT2D eigenvalue weighted by atomic mass is 10.1. The summed E-state index contributed by atoms with van der Waals surface area (Å²) in [6, 6.07) is 7.27. The predicted molar refractivity (Wildman–Crippen MR) is 146 cm³/mol. The number of fused-ring (bicyclic) bond motifs is 1. The Labute approximate surface area is 234 Å². The molecule has 0 N–H and O–H groups in total. The zero-order chi connectivity index (χ0) is 28.9. The molecule has 12 heteroatoms. The largest absolute Gasteiger partial charge is 0.471 e. The zero-order valence-electron chi connectivity index (χ0n) is 23.1. The fourth-order valence-corrected chi connectivity index (χ4v) is 4.68. The van der Waals surface area contributed by atoms with Gasteiger partial charge in [0.15, 0.2) is 17.2 Å². The van der Waals surface area contributed by atoms with Gasteiger partial charge in [0.1, 0.15) is 23.3 Å². The number of aromatic nitrogens is 8. The quantitative estimate of drug-likeness (QED) is 0.230. The smallest absolute Gasteiger partial charge is 0.434 e. The third kappa shape index (κ3) is 5.50. The van der Waals surface area contributed by atoms with E-state index in [9.17, 15) is 13.2 Å². The lowest BCUT2D eigenvalue weighted by Crippen LogP contribution is -2.24. The van der Waals surface area contributed by atoms with E-state index in [-0.39, 0.29) is 5.82 Å². The number of rotatable bonds is 7. The Bertz CT molecular complexity index is 1710. The highest BCUT2D eigenvalue weighted by molar-refractivity contribution is 5.77. The van der Waals surface area contributed by atoms with Crippen LogP contribution in [0.3, 0.4) is 0 Å². The molecule has 41 heavy (non-hydrogen) atoms. The van der Waals surface area contributed by atoms with E-state index in [4.69, 9.17) is 9.72 Å². The van der Waals surface area contributed by atoms with E-state index in [0.717, 1.165) is 35.7 Å². The SMILES string of the molecule is CCn1cc(C(F)(F)F)nc1-c1ccc(Cn2ncc3cnc(-c4c(OC(C)(C)C)ncnc4C4CC4)nc32)cc1. The monoisotopic (exact) mass is 562 g/mol. The number of nitrogens with zero attached hydrogens (tertiary/aromatic N) is 8. The van der Waals surface area contributed by atoms with Crippen LogP contribution in [-0.4, -0.2) is 44.9 Å². The minimum absolute atomic E-state index is 0.276. The number of halogens is 3. The Hall–Kier alpha value is -4.35. The van der Waals surface area contributed by atoms with E-state index in [0.29, 0.717) is 47.5 Å². The number of imidazole rings is 1. The fraction of sp³-hybridized carbons (Fsp3) is 0.379. The minimum atomic E-state index is -4.50. The van der Waals surface area contributed by atoms with Gasteiger partial charge in [-0.2, -0.15) is 18.3 Å². The number of benzene rings is 1. The second kappa shape index (κ2) is 9.93. The molecule has 0 spiro atoms. The van der Waals surface area contributed by atoms with Crippen LogP contribution in [-0.2, 0) is 19.3 Å². The molecule has 1 fully saturated rings. The Kier molecular flexibility index (Phi) is 6.50. The van der Waals surface area contributed by atoms with E-state index in [1.807, 2.05) is 32.9 Å². The van der Waals surface area contributed by atoms with E-state index in [1.54, 1.807) is 36.1 Å². The van der Waals surface area contributed by atoms with E-state index in [1.165, 1.54) is 10.9 Å². The van der Waals surface area contributed by atoms with Gasteiger partial charge < -0.3 is 9.30 Å². The summed E-state index contributed by atoms with van der Waals surface area (Å²) in [6.07, 6.45) is 3.61. The van der Waals surface area contributed by atoms with Crippen molar-refractivity contribution >= 4 is 11.0 Å². The average Bonchev–Trinajstić information content (AvgIpc) is 3.55. The minimum Gasteiger partial charge on any atom is -0.471 e. The maximum atomic E-state index is 13.2. The second-order valence-electron chi connectivity index (χ2n) is 11.1.